The van der Waals surface area contributed by atoms with Crippen molar-refractivity contribution in [3.63, 3.8) is 0 Å². The van der Waals surface area contributed by atoms with Gasteiger partial charge in [-0.1, -0.05) is 62.4 Å². The summed E-state index contributed by atoms with van der Waals surface area (Å²) in [7, 11) is -4.11. The van der Waals surface area contributed by atoms with E-state index in [1.54, 1.807) is 37.3 Å². The Morgan fingerprint density at radius 3 is 2.54 bits per heavy atom. The number of carboxylic acids is 1. The second-order valence-corrected chi connectivity index (χ2v) is 12.6. The summed E-state index contributed by atoms with van der Waals surface area (Å²) in [5.41, 5.74) is 1.22. The molecule has 0 aliphatic carbocycles. The lowest BCUT2D eigenvalue weighted by molar-refractivity contribution is -0.147. The third-order valence-electron chi connectivity index (χ3n) is 6.77. The van der Waals surface area contributed by atoms with E-state index in [9.17, 15) is 18.3 Å². The van der Waals surface area contributed by atoms with E-state index in [-0.39, 0.29) is 17.4 Å². The van der Waals surface area contributed by atoms with Crippen molar-refractivity contribution in [2.45, 2.75) is 51.0 Å². The predicted octanol–water partition coefficient (Wildman–Crippen LogP) is 7.40. The Balaban J connectivity index is 1.94. The van der Waals surface area contributed by atoms with Crippen LogP contribution in [-0.2, 0) is 14.8 Å². The van der Waals surface area contributed by atoms with Crippen molar-refractivity contribution in [2.24, 2.45) is 5.41 Å². The van der Waals surface area contributed by atoms with Crippen LogP contribution in [0.15, 0.2) is 83.3 Å². The first-order valence-electron chi connectivity index (χ1n) is 13.5. The van der Waals surface area contributed by atoms with E-state index in [0.29, 0.717) is 35.4 Å². The molecule has 10 heteroatoms. The lowest BCUT2D eigenvalue weighted by atomic mass is 9.85. The van der Waals surface area contributed by atoms with Gasteiger partial charge in [0.1, 0.15) is 11.6 Å². The summed E-state index contributed by atoms with van der Waals surface area (Å²) < 4.78 is 30.2. The highest BCUT2D eigenvalue weighted by Crippen LogP contribution is 2.32. The second kappa shape index (κ2) is 14.4. The predicted molar refractivity (Wildman–Crippen MR) is 169 cm³/mol. The van der Waals surface area contributed by atoms with Gasteiger partial charge in [0.25, 0.3) is 10.0 Å². The number of sulfonamides is 1. The van der Waals surface area contributed by atoms with Gasteiger partial charge in [-0.05, 0) is 78.4 Å². The molecule has 2 aromatic heterocycles. The monoisotopic (exact) mass is 640 g/mol. The van der Waals surface area contributed by atoms with Crippen molar-refractivity contribution in [1.29, 1.82) is 0 Å². The summed E-state index contributed by atoms with van der Waals surface area (Å²) in [6.45, 7) is 12.0. The lowest BCUT2D eigenvalue weighted by Gasteiger charge is -2.33. The van der Waals surface area contributed by atoms with Crippen molar-refractivity contribution in [3.05, 3.63) is 83.9 Å². The molecule has 0 spiro atoms. The van der Waals surface area contributed by atoms with E-state index in [1.807, 2.05) is 42.2 Å². The topological polar surface area (TPSA) is 112 Å². The minimum absolute atomic E-state index is 0.136. The van der Waals surface area contributed by atoms with Crippen LogP contribution < -0.4 is 9.62 Å². The van der Waals surface area contributed by atoms with Crippen molar-refractivity contribution in [1.82, 2.24) is 9.97 Å². The number of hydrogen-bond acceptors (Lipinski definition) is 6. The highest BCUT2D eigenvalue weighted by molar-refractivity contribution is 9.10. The van der Waals surface area contributed by atoms with Crippen LogP contribution in [0.4, 0.5) is 11.6 Å². The standard InChI is InChI=1S/C31H37BrN4O4S/c1-5-8-9-12-21-36(22-31(4,20-6-2)30(37)38)27-16-13-17-28(34-27)41(39,40)35-26-19-18-25(32)29(33-26)24-15-11-10-14-23(24)7-3/h5,7,10-11,13-19H,1,3,6,8-9,12,20-22H2,2,4H3,(H,33,35)(H,37,38). The zero-order valence-corrected chi connectivity index (χ0v) is 25.9. The highest BCUT2D eigenvalue weighted by Gasteiger charge is 2.35. The lowest BCUT2D eigenvalue weighted by Crippen LogP contribution is -2.42. The van der Waals surface area contributed by atoms with Gasteiger partial charge in [-0.3, -0.25) is 9.52 Å². The number of aromatic nitrogens is 2. The van der Waals surface area contributed by atoms with Gasteiger partial charge in [-0.25, -0.2) is 9.97 Å². The number of allylic oxidation sites excluding steroid dienone is 1. The van der Waals surface area contributed by atoms with Gasteiger partial charge in [0.15, 0.2) is 5.03 Å². The third-order valence-corrected chi connectivity index (χ3v) is 8.67. The Labute approximate surface area is 251 Å². The summed E-state index contributed by atoms with van der Waals surface area (Å²) in [5, 5.41) is 9.81. The van der Waals surface area contributed by atoms with Crippen LogP contribution >= 0.6 is 15.9 Å². The van der Waals surface area contributed by atoms with E-state index in [4.69, 9.17) is 0 Å². The van der Waals surface area contributed by atoms with Gasteiger partial charge in [-0.15, -0.1) is 6.58 Å². The van der Waals surface area contributed by atoms with Gasteiger partial charge in [0.05, 0.1) is 11.1 Å². The largest absolute Gasteiger partial charge is 0.481 e. The quantitative estimate of drug-likeness (QED) is 0.124. The molecule has 3 rings (SSSR count). The number of rotatable bonds is 16. The normalized spacial score (nSPS) is 12.8. The first kappa shape index (κ1) is 32.0. The molecular weight excluding hydrogens is 604 g/mol. The van der Waals surface area contributed by atoms with Gasteiger partial charge in [-0.2, -0.15) is 8.42 Å². The van der Waals surface area contributed by atoms with Crippen LogP contribution in [0, 0.1) is 5.41 Å². The molecule has 0 aliphatic rings. The number of carbonyl (C=O) groups is 1. The molecule has 3 aromatic rings. The molecular formula is C31H37BrN4O4S. The molecule has 8 nitrogen and oxygen atoms in total. The van der Waals surface area contributed by atoms with Gasteiger partial charge < -0.3 is 10.0 Å². The average molecular weight is 642 g/mol. The number of nitrogens with zero attached hydrogens (tertiary/aromatic N) is 3. The molecule has 0 fully saturated rings. The number of halogens is 1. The maximum Gasteiger partial charge on any atom is 0.311 e. The van der Waals surface area contributed by atoms with Crippen LogP contribution in [0.5, 0.6) is 0 Å². The Morgan fingerprint density at radius 1 is 1.10 bits per heavy atom. The Morgan fingerprint density at radius 2 is 1.85 bits per heavy atom. The smallest absolute Gasteiger partial charge is 0.311 e. The first-order chi connectivity index (χ1) is 19.5. The molecule has 2 heterocycles. The SMILES string of the molecule is C=CCCCCN(CC(C)(CCC)C(=O)O)c1cccc(S(=O)(=O)Nc2ccc(Br)c(-c3ccccc3C=C)n2)n1. The fraction of sp³-hybridized carbons (Fsp3) is 0.323. The summed E-state index contributed by atoms with van der Waals surface area (Å²) in [4.78, 5) is 23.1. The molecule has 2 N–H and O–H groups in total. The van der Waals surface area contributed by atoms with Crippen molar-refractivity contribution >= 4 is 49.6 Å². The fourth-order valence-corrected chi connectivity index (χ4v) is 5.99. The number of pyridine rings is 2. The molecule has 0 radical (unpaired) electrons. The van der Waals surface area contributed by atoms with Crippen LogP contribution in [0.3, 0.4) is 0 Å². The number of carboxylic acid groups (broad SMARTS) is 1. The Bertz CT molecular complexity index is 1490. The number of benzene rings is 1. The summed E-state index contributed by atoms with van der Waals surface area (Å²) in [5.74, 6) is -0.354. The first-order valence-corrected chi connectivity index (χ1v) is 15.8. The summed E-state index contributed by atoms with van der Waals surface area (Å²) in [6, 6.07) is 15.6. The highest BCUT2D eigenvalue weighted by atomic mass is 79.9. The summed E-state index contributed by atoms with van der Waals surface area (Å²) >= 11 is 3.52. The number of anilines is 2. The second-order valence-electron chi connectivity index (χ2n) is 10.1. The molecule has 1 aromatic carbocycles. The fourth-order valence-electron chi connectivity index (χ4n) is 4.59. The molecule has 0 saturated carbocycles. The molecule has 1 atom stereocenters. The molecule has 0 aliphatic heterocycles. The van der Waals surface area contributed by atoms with Crippen molar-refractivity contribution in [3.8, 4) is 11.3 Å². The third kappa shape index (κ3) is 8.27. The molecule has 0 amide bonds. The van der Waals surface area contributed by atoms with E-state index in [0.717, 1.165) is 30.4 Å². The van der Waals surface area contributed by atoms with Crippen LogP contribution in [0.1, 0.15) is 51.5 Å². The van der Waals surface area contributed by atoms with Crippen LogP contribution in [0.25, 0.3) is 17.3 Å². The molecule has 1 unspecified atom stereocenters. The molecule has 0 saturated heterocycles. The van der Waals surface area contributed by atoms with E-state index < -0.39 is 21.4 Å². The Kier molecular flexibility index (Phi) is 11.3. The number of unbranched alkanes of at least 4 members (excludes halogenated alkanes) is 2. The molecule has 0 bridgehead atoms. The average Bonchev–Trinajstić information content (AvgIpc) is 2.95. The maximum absolute atomic E-state index is 13.5. The van der Waals surface area contributed by atoms with E-state index in [2.05, 4.69) is 43.8 Å². The number of hydrogen-bond donors (Lipinski definition) is 2. The van der Waals surface area contributed by atoms with Crippen LogP contribution in [-0.4, -0.2) is 42.6 Å². The Hall–Kier alpha value is -3.50. The molecule has 41 heavy (non-hydrogen) atoms. The number of aliphatic carboxylic acids is 1. The maximum atomic E-state index is 13.5. The van der Waals surface area contributed by atoms with Gasteiger partial charge in [0, 0.05) is 23.1 Å². The van der Waals surface area contributed by atoms with Gasteiger partial charge in [0.2, 0.25) is 0 Å². The van der Waals surface area contributed by atoms with Crippen LogP contribution in [0.2, 0.25) is 0 Å². The van der Waals surface area contributed by atoms with E-state index in [1.165, 1.54) is 6.07 Å². The zero-order valence-electron chi connectivity index (χ0n) is 23.5. The number of nitrogens with one attached hydrogen (secondary N) is 1. The minimum atomic E-state index is -4.11. The van der Waals surface area contributed by atoms with E-state index >= 15 is 0 Å². The molecule has 218 valence electrons. The zero-order chi connectivity index (χ0) is 30.0. The van der Waals surface area contributed by atoms with Crippen molar-refractivity contribution in [2.75, 3.05) is 22.7 Å². The minimum Gasteiger partial charge on any atom is -0.481 e. The van der Waals surface area contributed by atoms with Gasteiger partial charge >= 0.3 is 5.97 Å². The van der Waals surface area contributed by atoms with Crippen molar-refractivity contribution < 1.29 is 18.3 Å². The summed E-state index contributed by atoms with van der Waals surface area (Å²) in [6.07, 6.45) is 7.25.